The number of halogens is 2. The fourth-order valence-electron chi connectivity index (χ4n) is 2.20. The van der Waals surface area contributed by atoms with E-state index in [9.17, 15) is 18.8 Å². The molecule has 0 N–H and O–H groups in total. The van der Waals surface area contributed by atoms with Gasteiger partial charge >= 0.3 is 17.9 Å². The summed E-state index contributed by atoms with van der Waals surface area (Å²) in [5.74, 6) is -3.28. The maximum absolute atomic E-state index is 14.6. The predicted molar refractivity (Wildman–Crippen MR) is 85.5 cm³/mol. The van der Waals surface area contributed by atoms with Crippen LogP contribution in [0, 0.1) is 11.3 Å². The van der Waals surface area contributed by atoms with Crippen LogP contribution >= 0.6 is 11.6 Å². The number of alkyl halides is 2. The van der Waals surface area contributed by atoms with Crippen LogP contribution in [0.5, 0.6) is 0 Å². The fourth-order valence-corrected chi connectivity index (χ4v) is 2.27. The van der Waals surface area contributed by atoms with Gasteiger partial charge in [0.15, 0.2) is 6.10 Å². The molecule has 0 saturated carbocycles. The minimum atomic E-state index is -1.60. The summed E-state index contributed by atoms with van der Waals surface area (Å²) in [7, 11) is 0. The first-order valence-electron chi connectivity index (χ1n) is 7.86. The number of hydrogen-bond acceptors (Lipinski definition) is 7. The average Bonchev–Trinajstić information content (AvgIpc) is 2.51. The first-order chi connectivity index (χ1) is 11.5. The lowest BCUT2D eigenvalue weighted by Gasteiger charge is -2.41. The van der Waals surface area contributed by atoms with Gasteiger partial charge in [0.25, 0.3) is 0 Å². The molecule has 0 aromatic rings. The third-order valence-electron chi connectivity index (χ3n) is 3.60. The second-order valence-corrected chi connectivity index (χ2v) is 7.16. The molecule has 0 spiro atoms. The van der Waals surface area contributed by atoms with Crippen molar-refractivity contribution in [3.8, 4) is 0 Å². The molecule has 5 atom stereocenters. The second-order valence-electron chi connectivity index (χ2n) is 6.89. The van der Waals surface area contributed by atoms with E-state index in [2.05, 4.69) is 0 Å². The Morgan fingerprint density at radius 3 is 2.28 bits per heavy atom. The van der Waals surface area contributed by atoms with Crippen LogP contribution in [0.15, 0.2) is 0 Å². The van der Waals surface area contributed by atoms with Crippen LogP contribution in [0.2, 0.25) is 0 Å². The monoisotopic (exact) mass is 382 g/mol. The number of rotatable bonds is 5. The van der Waals surface area contributed by atoms with Gasteiger partial charge in [-0.1, -0.05) is 6.92 Å². The smallest absolute Gasteiger partial charge is 0.321 e. The topological polar surface area (TPSA) is 88.1 Å². The molecule has 0 aromatic heterocycles. The van der Waals surface area contributed by atoms with E-state index < -0.39 is 59.8 Å². The molecule has 0 radical (unpaired) electrons. The molecule has 9 heteroatoms. The van der Waals surface area contributed by atoms with E-state index in [1.54, 1.807) is 20.8 Å². The molecule has 1 aliphatic rings. The molecule has 0 amide bonds. The highest BCUT2D eigenvalue weighted by molar-refractivity contribution is 6.26. The maximum atomic E-state index is 14.6. The largest absolute Gasteiger partial charge is 0.462 e. The van der Waals surface area contributed by atoms with Crippen molar-refractivity contribution in [2.24, 2.45) is 11.3 Å². The van der Waals surface area contributed by atoms with Crippen molar-refractivity contribution in [1.82, 2.24) is 0 Å². The molecular weight excluding hydrogens is 359 g/mol. The Morgan fingerprint density at radius 1 is 1.20 bits per heavy atom. The summed E-state index contributed by atoms with van der Waals surface area (Å²) >= 11 is 5.39. The second kappa shape index (κ2) is 8.80. The molecule has 0 aliphatic carbocycles. The fraction of sp³-hybridized carbons (Fsp3) is 0.812. The lowest BCUT2D eigenvalue weighted by molar-refractivity contribution is -0.274. The maximum Gasteiger partial charge on any atom is 0.321 e. The van der Waals surface area contributed by atoms with Crippen LogP contribution < -0.4 is 0 Å². The van der Waals surface area contributed by atoms with Gasteiger partial charge in [0, 0.05) is 12.8 Å². The zero-order valence-corrected chi connectivity index (χ0v) is 15.7. The molecule has 1 heterocycles. The van der Waals surface area contributed by atoms with Crippen LogP contribution in [-0.4, -0.2) is 55.1 Å². The minimum Gasteiger partial charge on any atom is -0.462 e. The minimum absolute atomic E-state index is 0.352. The van der Waals surface area contributed by atoms with Crippen molar-refractivity contribution in [1.29, 1.82) is 0 Å². The third kappa shape index (κ3) is 6.11. The molecule has 25 heavy (non-hydrogen) atoms. The van der Waals surface area contributed by atoms with Gasteiger partial charge in [-0.2, -0.15) is 0 Å². The zero-order valence-electron chi connectivity index (χ0n) is 14.9. The quantitative estimate of drug-likeness (QED) is 0.408. The third-order valence-corrected chi connectivity index (χ3v) is 3.82. The normalized spacial score (nSPS) is 29.6. The summed E-state index contributed by atoms with van der Waals surface area (Å²) in [4.78, 5) is 34.5. The van der Waals surface area contributed by atoms with Crippen molar-refractivity contribution in [2.75, 3.05) is 12.5 Å². The molecule has 1 fully saturated rings. The van der Waals surface area contributed by atoms with E-state index in [1.807, 2.05) is 0 Å². The summed E-state index contributed by atoms with van der Waals surface area (Å²) in [6.07, 6.45) is -5.23. The predicted octanol–water partition coefficient (Wildman–Crippen LogP) is 1.99. The van der Waals surface area contributed by atoms with Crippen molar-refractivity contribution in [2.45, 2.75) is 59.3 Å². The summed E-state index contributed by atoms with van der Waals surface area (Å²) in [5.41, 5.74) is -0.750. The van der Waals surface area contributed by atoms with Crippen LogP contribution in [0.4, 0.5) is 4.39 Å². The van der Waals surface area contributed by atoms with Gasteiger partial charge < -0.3 is 18.9 Å². The van der Waals surface area contributed by atoms with Crippen molar-refractivity contribution >= 4 is 29.5 Å². The van der Waals surface area contributed by atoms with E-state index in [1.165, 1.54) is 6.92 Å². The van der Waals surface area contributed by atoms with Gasteiger partial charge in [-0.25, -0.2) is 4.39 Å². The van der Waals surface area contributed by atoms with Crippen LogP contribution in [-0.2, 0) is 33.3 Å². The highest BCUT2D eigenvalue weighted by atomic mass is 35.5. The van der Waals surface area contributed by atoms with Gasteiger partial charge in [-0.05, 0) is 20.8 Å². The molecule has 0 bridgehead atoms. The zero-order chi connectivity index (χ0) is 19.4. The Bertz CT molecular complexity index is 505. The Balaban J connectivity index is 2.85. The first kappa shape index (κ1) is 21.6. The highest BCUT2D eigenvalue weighted by Crippen LogP contribution is 2.32. The Hall–Kier alpha value is -1.41. The number of ether oxygens (including phenoxy) is 4. The van der Waals surface area contributed by atoms with Gasteiger partial charge in [-0.15, -0.1) is 11.6 Å². The van der Waals surface area contributed by atoms with Gasteiger partial charge in [0.2, 0.25) is 6.29 Å². The number of carbonyl (C=O) groups is 3. The Kier molecular flexibility index (Phi) is 7.62. The van der Waals surface area contributed by atoms with E-state index >= 15 is 0 Å². The number of carbonyl (C=O) groups excluding carboxylic acids is 3. The highest BCUT2D eigenvalue weighted by Gasteiger charge is 2.48. The lowest BCUT2D eigenvalue weighted by atomic mass is 9.91. The molecule has 2 unspecified atom stereocenters. The van der Waals surface area contributed by atoms with E-state index in [0.29, 0.717) is 0 Å². The van der Waals surface area contributed by atoms with Crippen molar-refractivity contribution in [3.05, 3.63) is 0 Å². The Labute approximate surface area is 151 Å². The molecule has 144 valence electrons. The summed E-state index contributed by atoms with van der Waals surface area (Å²) < 4.78 is 35.1. The van der Waals surface area contributed by atoms with Crippen LogP contribution in [0.3, 0.4) is 0 Å². The molecule has 1 aliphatic heterocycles. The van der Waals surface area contributed by atoms with Crippen LogP contribution in [0.1, 0.15) is 34.6 Å². The molecule has 1 saturated heterocycles. The van der Waals surface area contributed by atoms with Gasteiger partial charge in [0.05, 0.1) is 5.41 Å². The summed E-state index contributed by atoms with van der Waals surface area (Å²) in [6, 6.07) is 0. The summed E-state index contributed by atoms with van der Waals surface area (Å²) in [6.45, 7) is 7.26. The van der Waals surface area contributed by atoms with Gasteiger partial charge in [-0.3, -0.25) is 14.4 Å². The van der Waals surface area contributed by atoms with E-state index in [4.69, 9.17) is 30.5 Å². The number of esters is 3. The van der Waals surface area contributed by atoms with Crippen LogP contribution in [0.25, 0.3) is 0 Å². The molecule has 7 nitrogen and oxygen atoms in total. The van der Waals surface area contributed by atoms with Gasteiger partial charge in [0.1, 0.15) is 24.8 Å². The number of hydrogen-bond donors (Lipinski definition) is 0. The van der Waals surface area contributed by atoms with Crippen molar-refractivity contribution < 1.29 is 37.7 Å². The first-order valence-corrected chi connectivity index (χ1v) is 8.40. The Morgan fingerprint density at radius 2 is 1.80 bits per heavy atom. The summed E-state index contributed by atoms with van der Waals surface area (Å²) in [5, 5.41) is 0. The van der Waals surface area contributed by atoms with E-state index in [0.717, 1.165) is 6.92 Å². The lowest BCUT2D eigenvalue weighted by Crippen LogP contribution is -2.56. The average molecular weight is 383 g/mol. The standard InChI is InChI=1S/C16H24ClFO7/c1-8-12(18)10(7-22-15(21)16(3,4)5)24-14(23-9(2)19)13(8)25-11(20)6-17/h8,10,12-14H,6-7H2,1-5H3/t8-,10?,12-,13?,14+/m0/s1. The molecular formula is C16H24ClFO7. The molecule has 1 rings (SSSR count). The SMILES string of the molecule is CC(=O)O[C@@H]1OC(COC(=O)C(C)(C)C)[C@@H](F)[C@H](C)C1OC(=O)CCl. The van der Waals surface area contributed by atoms with E-state index in [-0.39, 0.29) is 6.61 Å². The molecule has 0 aromatic carbocycles. The van der Waals surface area contributed by atoms with Crippen molar-refractivity contribution in [3.63, 3.8) is 0 Å².